The van der Waals surface area contributed by atoms with E-state index in [2.05, 4.69) is 92.5 Å². The molecule has 4 aromatic carbocycles. The maximum Gasteiger partial charge on any atom is 0.228 e. The Morgan fingerprint density at radius 3 is 2.35 bits per heavy atom. The van der Waals surface area contributed by atoms with Crippen LogP contribution in [0.25, 0.3) is 10.8 Å². The fourth-order valence-corrected chi connectivity index (χ4v) is 6.22. The third kappa shape index (κ3) is 2.90. The molecule has 4 nitrogen and oxygen atoms in total. The average molecular weight is 467 g/mol. The predicted octanol–water partition coefficient (Wildman–Crippen LogP) is 7.22. The van der Waals surface area contributed by atoms with E-state index in [0.717, 1.165) is 32.4 Å². The molecule has 0 aliphatic carbocycles. The maximum atomic E-state index is 6.96. The number of para-hydroxylation sites is 1. The van der Waals surface area contributed by atoms with Gasteiger partial charge in [0.05, 0.1) is 18.7 Å². The molecule has 34 heavy (non-hydrogen) atoms. The van der Waals surface area contributed by atoms with E-state index in [1.54, 1.807) is 18.9 Å². The van der Waals surface area contributed by atoms with Gasteiger partial charge in [-0.3, -0.25) is 4.99 Å². The van der Waals surface area contributed by atoms with Crippen LogP contribution in [-0.2, 0) is 5.41 Å². The molecule has 0 saturated heterocycles. The number of benzene rings is 4. The molecule has 4 aromatic rings. The first-order chi connectivity index (χ1) is 16.4. The quantitative estimate of drug-likeness (QED) is 0.319. The minimum absolute atomic E-state index is 0.283. The van der Waals surface area contributed by atoms with Crippen molar-refractivity contribution in [2.75, 3.05) is 19.1 Å². The van der Waals surface area contributed by atoms with Crippen molar-refractivity contribution in [1.82, 2.24) is 0 Å². The van der Waals surface area contributed by atoms with Gasteiger partial charge in [0.2, 0.25) is 5.72 Å². The Bertz CT molecular complexity index is 1440. The summed E-state index contributed by atoms with van der Waals surface area (Å²) in [6.45, 7) is 4.47. The van der Waals surface area contributed by atoms with Gasteiger partial charge in [-0.25, -0.2) is 0 Å². The molecule has 0 aromatic heterocycles. The van der Waals surface area contributed by atoms with Crippen molar-refractivity contribution in [3.8, 4) is 11.5 Å². The van der Waals surface area contributed by atoms with E-state index < -0.39 is 5.72 Å². The number of rotatable bonds is 3. The highest BCUT2D eigenvalue weighted by Gasteiger charge is 2.58. The second-order valence-corrected chi connectivity index (χ2v) is 10.4. The largest absolute Gasteiger partial charge is 0.497 e. The molecule has 0 bridgehead atoms. The summed E-state index contributed by atoms with van der Waals surface area (Å²) in [5, 5.41) is 2.26. The summed E-state index contributed by atoms with van der Waals surface area (Å²) in [4.78, 5) is 9.55. The Hall–Kier alpha value is -3.44. The minimum Gasteiger partial charge on any atom is -0.497 e. The van der Waals surface area contributed by atoms with Gasteiger partial charge in [-0.15, -0.1) is 0 Å². The van der Waals surface area contributed by atoms with Crippen molar-refractivity contribution < 1.29 is 9.47 Å². The highest BCUT2D eigenvalue weighted by Crippen LogP contribution is 2.55. The molecule has 1 unspecified atom stereocenters. The van der Waals surface area contributed by atoms with Gasteiger partial charge >= 0.3 is 0 Å². The van der Waals surface area contributed by atoms with Gasteiger partial charge in [-0.1, -0.05) is 54.2 Å². The fourth-order valence-electron chi connectivity index (χ4n) is 5.24. The van der Waals surface area contributed by atoms with Gasteiger partial charge in [0.1, 0.15) is 17.2 Å². The minimum atomic E-state index is -0.700. The van der Waals surface area contributed by atoms with E-state index >= 15 is 0 Å². The molecule has 5 heteroatoms. The number of aliphatic imine (C=N–C) groups is 1. The Morgan fingerprint density at radius 1 is 0.912 bits per heavy atom. The molecule has 0 radical (unpaired) electrons. The fraction of sp³-hybridized carbons (Fsp3) is 0.207. The molecule has 1 atom stereocenters. The molecule has 2 aliphatic heterocycles. The van der Waals surface area contributed by atoms with Gasteiger partial charge in [0.25, 0.3) is 0 Å². The first-order valence-electron chi connectivity index (χ1n) is 11.4. The van der Waals surface area contributed by atoms with E-state index in [0.29, 0.717) is 0 Å². The van der Waals surface area contributed by atoms with E-state index in [-0.39, 0.29) is 5.41 Å². The van der Waals surface area contributed by atoms with Crippen molar-refractivity contribution in [2.45, 2.75) is 34.8 Å². The summed E-state index contributed by atoms with van der Waals surface area (Å²) < 4.78 is 12.3. The number of hydrogen-bond acceptors (Lipinski definition) is 5. The molecule has 1 spiro atoms. The van der Waals surface area contributed by atoms with Crippen molar-refractivity contribution in [2.24, 2.45) is 4.99 Å². The summed E-state index contributed by atoms with van der Waals surface area (Å²) in [6.07, 6.45) is 2.00. The first-order valence-corrected chi connectivity index (χ1v) is 12.2. The van der Waals surface area contributed by atoms with Crippen LogP contribution in [0.1, 0.15) is 19.4 Å². The van der Waals surface area contributed by atoms with Crippen LogP contribution in [0.2, 0.25) is 0 Å². The van der Waals surface area contributed by atoms with Crippen LogP contribution in [0, 0.1) is 0 Å². The van der Waals surface area contributed by atoms with Crippen molar-refractivity contribution in [3.05, 3.63) is 84.4 Å². The third-order valence-electron chi connectivity index (χ3n) is 7.20. The van der Waals surface area contributed by atoms with Gasteiger partial charge in [-0.2, -0.15) is 0 Å². The number of ether oxygens (including phenoxy) is 2. The van der Waals surface area contributed by atoms with Crippen LogP contribution in [0.4, 0.5) is 11.4 Å². The zero-order chi connectivity index (χ0) is 23.5. The molecule has 2 aliphatic rings. The smallest absolute Gasteiger partial charge is 0.228 e. The zero-order valence-electron chi connectivity index (χ0n) is 19.7. The van der Waals surface area contributed by atoms with Crippen LogP contribution in [0.15, 0.2) is 93.6 Å². The van der Waals surface area contributed by atoms with Crippen molar-refractivity contribution in [1.29, 1.82) is 0 Å². The second kappa shape index (κ2) is 7.54. The molecule has 0 fully saturated rings. The van der Waals surface area contributed by atoms with Crippen LogP contribution < -0.4 is 14.4 Å². The molecular weight excluding hydrogens is 440 g/mol. The van der Waals surface area contributed by atoms with Gasteiger partial charge in [-0.05, 0) is 61.2 Å². The average Bonchev–Trinajstić information content (AvgIpc) is 3.03. The van der Waals surface area contributed by atoms with Gasteiger partial charge in [0, 0.05) is 27.9 Å². The topological polar surface area (TPSA) is 34.1 Å². The van der Waals surface area contributed by atoms with Gasteiger partial charge in [0.15, 0.2) is 0 Å². The molecular formula is C29H26N2O2S. The highest BCUT2D eigenvalue weighted by molar-refractivity contribution is 7.99. The summed E-state index contributed by atoms with van der Waals surface area (Å²) in [6, 6.07) is 27.3. The number of nitrogens with zero attached hydrogens (tertiary/aromatic N) is 2. The summed E-state index contributed by atoms with van der Waals surface area (Å²) in [5.41, 5.74) is 2.35. The Kier molecular flexibility index (Phi) is 4.68. The molecule has 6 rings (SSSR count). The van der Waals surface area contributed by atoms with Crippen LogP contribution in [0.5, 0.6) is 11.5 Å². The zero-order valence-corrected chi connectivity index (χ0v) is 20.5. The molecule has 0 N–H and O–H groups in total. The SMILES string of the molecule is COc1ccc(Sc2cc3c(c4ccccc24)N=CC2(O3)N(C)c3ccccc3C2(C)C)cc1. The second-order valence-electron chi connectivity index (χ2n) is 9.30. The number of likely N-dealkylation sites (N-methyl/N-ethyl adjacent to an activating group) is 1. The molecule has 2 heterocycles. The number of anilines is 1. The Morgan fingerprint density at radius 2 is 1.62 bits per heavy atom. The molecule has 0 saturated carbocycles. The Labute approximate surface area is 204 Å². The number of methoxy groups -OCH3 is 1. The van der Waals surface area contributed by atoms with Crippen LogP contribution >= 0.6 is 11.8 Å². The first kappa shape index (κ1) is 21.1. The predicted molar refractivity (Wildman–Crippen MR) is 140 cm³/mol. The lowest BCUT2D eigenvalue weighted by Crippen LogP contribution is -2.61. The van der Waals surface area contributed by atoms with E-state index in [4.69, 9.17) is 14.5 Å². The lowest BCUT2D eigenvalue weighted by molar-refractivity contribution is 0.0824. The van der Waals surface area contributed by atoms with Crippen LogP contribution in [-0.4, -0.2) is 26.1 Å². The highest BCUT2D eigenvalue weighted by atomic mass is 32.2. The van der Waals surface area contributed by atoms with Gasteiger partial charge < -0.3 is 14.4 Å². The lowest BCUT2D eigenvalue weighted by atomic mass is 9.77. The lowest BCUT2D eigenvalue weighted by Gasteiger charge is -2.45. The normalized spacial score (nSPS) is 19.7. The van der Waals surface area contributed by atoms with Crippen LogP contribution in [0.3, 0.4) is 0 Å². The van der Waals surface area contributed by atoms with E-state index in [9.17, 15) is 0 Å². The number of hydrogen-bond donors (Lipinski definition) is 0. The standard InChI is InChI=1S/C29H26N2O2S/c1-28(2)23-11-7-8-12-24(23)31(3)29(28)18-30-27-22-10-6-5-9-21(22)26(17-25(27)33-29)34-20-15-13-19(32-4)14-16-20/h5-18H,1-4H3. The van der Waals surface area contributed by atoms with Crippen molar-refractivity contribution in [3.63, 3.8) is 0 Å². The third-order valence-corrected chi connectivity index (χ3v) is 8.26. The summed E-state index contributed by atoms with van der Waals surface area (Å²) in [5.74, 6) is 1.66. The molecule has 170 valence electrons. The summed E-state index contributed by atoms with van der Waals surface area (Å²) in [7, 11) is 3.78. The molecule has 0 amide bonds. The van der Waals surface area contributed by atoms with E-state index in [1.165, 1.54) is 16.6 Å². The monoisotopic (exact) mass is 466 g/mol. The Balaban J connectivity index is 1.48. The number of fused-ring (bicyclic) bond motifs is 4. The van der Waals surface area contributed by atoms with E-state index in [1.807, 2.05) is 18.3 Å². The van der Waals surface area contributed by atoms with Crippen molar-refractivity contribution >= 4 is 40.1 Å². The maximum absolute atomic E-state index is 6.96. The summed E-state index contributed by atoms with van der Waals surface area (Å²) >= 11 is 1.73.